The predicted octanol–water partition coefficient (Wildman–Crippen LogP) is 5.30. The summed E-state index contributed by atoms with van der Waals surface area (Å²) in [6.45, 7) is 0. The lowest BCUT2D eigenvalue weighted by atomic mass is 9.98. The maximum Gasteiger partial charge on any atom is 0.416 e. The van der Waals surface area contributed by atoms with Crippen LogP contribution in [-0.4, -0.2) is 4.92 Å². The molecule has 0 bridgehead atoms. The number of para-hydroxylation sites is 1. The minimum atomic E-state index is -5.01. The second-order valence-electron chi connectivity index (χ2n) is 4.57. The van der Waals surface area contributed by atoms with Gasteiger partial charge in [-0.3, -0.25) is 10.1 Å². The lowest BCUT2D eigenvalue weighted by Crippen LogP contribution is -2.11. The van der Waals surface area contributed by atoms with Crippen molar-refractivity contribution in [2.45, 2.75) is 12.4 Å². The summed E-state index contributed by atoms with van der Waals surface area (Å²) in [5.74, 6) is 0. The molecule has 0 aromatic heterocycles. The van der Waals surface area contributed by atoms with Gasteiger partial charge in [-0.05, 0) is 29.8 Å². The first-order valence-electron chi connectivity index (χ1n) is 6.03. The third kappa shape index (κ3) is 3.61. The van der Waals surface area contributed by atoms with Gasteiger partial charge in [-0.1, -0.05) is 12.1 Å². The van der Waals surface area contributed by atoms with E-state index >= 15 is 0 Å². The first kappa shape index (κ1) is 16.8. The van der Waals surface area contributed by atoms with Crippen LogP contribution in [0.1, 0.15) is 11.1 Å². The number of rotatable bonds is 2. The molecule has 9 heteroatoms. The van der Waals surface area contributed by atoms with E-state index in [1.165, 1.54) is 12.1 Å². The summed E-state index contributed by atoms with van der Waals surface area (Å²) in [7, 11) is 0. The molecule has 0 N–H and O–H groups in total. The van der Waals surface area contributed by atoms with Crippen LogP contribution in [-0.2, 0) is 12.4 Å². The molecule has 0 unspecified atom stereocenters. The minimum Gasteiger partial charge on any atom is -0.258 e. The molecule has 23 heavy (non-hydrogen) atoms. The largest absolute Gasteiger partial charge is 0.416 e. The van der Waals surface area contributed by atoms with Crippen LogP contribution >= 0.6 is 0 Å². The van der Waals surface area contributed by atoms with Crippen LogP contribution in [0.4, 0.5) is 32.0 Å². The van der Waals surface area contributed by atoms with Gasteiger partial charge >= 0.3 is 12.4 Å². The van der Waals surface area contributed by atoms with Crippen LogP contribution in [0.2, 0.25) is 0 Å². The second-order valence-corrected chi connectivity index (χ2v) is 4.57. The number of nitrogens with zero attached hydrogens (tertiary/aromatic N) is 1. The summed E-state index contributed by atoms with van der Waals surface area (Å²) >= 11 is 0. The summed E-state index contributed by atoms with van der Waals surface area (Å²) in [4.78, 5) is 10.0. The number of nitro groups is 1. The van der Waals surface area contributed by atoms with Crippen molar-refractivity contribution in [3.05, 3.63) is 63.7 Å². The zero-order valence-corrected chi connectivity index (χ0v) is 11.1. The zero-order valence-electron chi connectivity index (χ0n) is 11.1. The fourth-order valence-electron chi connectivity index (χ4n) is 1.99. The smallest absolute Gasteiger partial charge is 0.258 e. The topological polar surface area (TPSA) is 43.1 Å². The van der Waals surface area contributed by atoms with Crippen molar-refractivity contribution in [1.82, 2.24) is 0 Å². The van der Waals surface area contributed by atoms with E-state index in [0.29, 0.717) is 12.1 Å². The summed E-state index contributed by atoms with van der Waals surface area (Å²) in [6.07, 6.45) is -10.0. The van der Waals surface area contributed by atoms with Crippen LogP contribution in [0.15, 0.2) is 42.5 Å². The molecule has 122 valence electrons. The highest BCUT2D eigenvalue weighted by atomic mass is 19.4. The maximum atomic E-state index is 12.8. The van der Waals surface area contributed by atoms with Crippen molar-refractivity contribution < 1.29 is 31.3 Å². The second kappa shape index (κ2) is 5.56. The average molecular weight is 335 g/mol. The van der Waals surface area contributed by atoms with E-state index in [9.17, 15) is 36.5 Å². The number of hydrogen-bond acceptors (Lipinski definition) is 2. The van der Waals surface area contributed by atoms with Crippen molar-refractivity contribution in [3.63, 3.8) is 0 Å². The highest BCUT2D eigenvalue weighted by Crippen LogP contribution is 2.40. The van der Waals surface area contributed by atoms with Gasteiger partial charge < -0.3 is 0 Å². The molecule has 0 aliphatic carbocycles. The molecule has 2 aromatic rings. The average Bonchev–Trinajstić information content (AvgIpc) is 2.45. The first-order chi connectivity index (χ1) is 10.5. The summed E-state index contributed by atoms with van der Waals surface area (Å²) in [5.41, 5.74) is -4.49. The molecule has 2 rings (SSSR count). The minimum absolute atomic E-state index is 0.0295. The monoisotopic (exact) mass is 335 g/mol. The molecule has 2 aromatic carbocycles. The fraction of sp³-hybridized carbons (Fsp3) is 0.143. The maximum absolute atomic E-state index is 12.8. The Bertz CT molecular complexity index is 719. The molecule has 3 nitrogen and oxygen atoms in total. The normalized spacial score (nSPS) is 12.3. The van der Waals surface area contributed by atoms with Gasteiger partial charge in [0.25, 0.3) is 5.69 Å². The van der Waals surface area contributed by atoms with Gasteiger partial charge in [-0.15, -0.1) is 0 Å². The molecule has 0 aliphatic rings. The van der Waals surface area contributed by atoms with Crippen LogP contribution in [0, 0.1) is 10.1 Å². The van der Waals surface area contributed by atoms with E-state index in [0.717, 1.165) is 12.1 Å². The molecule has 0 radical (unpaired) electrons. The van der Waals surface area contributed by atoms with E-state index in [1.54, 1.807) is 0 Å². The predicted molar refractivity (Wildman–Crippen MR) is 68.5 cm³/mol. The Morgan fingerprint density at radius 3 is 1.74 bits per heavy atom. The third-order valence-corrected chi connectivity index (χ3v) is 3.00. The van der Waals surface area contributed by atoms with Crippen molar-refractivity contribution in [2.75, 3.05) is 0 Å². The molecule has 0 saturated carbocycles. The van der Waals surface area contributed by atoms with Gasteiger partial charge in [0.2, 0.25) is 0 Å². The summed E-state index contributed by atoms with van der Waals surface area (Å²) in [5, 5.41) is 10.9. The molecule has 0 aliphatic heterocycles. The SMILES string of the molecule is O=[N+]([O-])c1ccccc1-c1cc(C(F)(F)F)cc(C(F)(F)F)c1. The van der Waals surface area contributed by atoms with E-state index in [1.807, 2.05) is 0 Å². The number of hydrogen-bond donors (Lipinski definition) is 0. The lowest BCUT2D eigenvalue weighted by Gasteiger charge is -2.14. The molecule has 0 saturated heterocycles. The molecular weight excluding hydrogens is 328 g/mol. The third-order valence-electron chi connectivity index (χ3n) is 3.00. The first-order valence-corrected chi connectivity index (χ1v) is 6.03. The zero-order chi connectivity index (χ0) is 17.4. The molecule has 0 heterocycles. The van der Waals surface area contributed by atoms with Crippen molar-refractivity contribution in [2.24, 2.45) is 0 Å². The van der Waals surface area contributed by atoms with Crippen LogP contribution in [0.3, 0.4) is 0 Å². The van der Waals surface area contributed by atoms with Crippen LogP contribution < -0.4 is 0 Å². The highest BCUT2D eigenvalue weighted by Gasteiger charge is 2.37. The van der Waals surface area contributed by atoms with Gasteiger partial charge in [-0.25, -0.2) is 0 Å². The Morgan fingerprint density at radius 2 is 1.30 bits per heavy atom. The Labute approximate surface area is 125 Å². The fourth-order valence-corrected chi connectivity index (χ4v) is 1.99. The van der Waals surface area contributed by atoms with Crippen molar-refractivity contribution >= 4 is 5.69 Å². The van der Waals surface area contributed by atoms with E-state index in [2.05, 4.69) is 0 Å². The quantitative estimate of drug-likeness (QED) is 0.425. The molecule has 0 atom stereocenters. The van der Waals surface area contributed by atoms with Crippen molar-refractivity contribution in [1.29, 1.82) is 0 Å². The summed E-state index contributed by atoms with van der Waals surface area (Å²) < 4.78 is 76.9. The van der Waals surface area contributed by atoms with E-state index in [4.69, 9.17) is 0 Å². The molecule has 0 amide bonds. The Hall–Kier alpha value is -2.58. The Balaban J connectivity index is 2.75. The number of nitro benzene ring substituents is 1. The molecule has 0 fully saturated rings. The molecular formula is C14H7F6NO2. The van der Waals surface area contributed by atoms with Gasteiger partial charge in [0.1, 0.15) is 0 Å². The Kier molecular flexibility index (Phi) is 4.06. The van der Waals surface area contributed by atoms with Crippen molar-refractivity contribution in [3.8, 4) is 11.1 Å². The number of alkyl halides is 6. The Morgan fingerprint density at radius 1 is 0.826 bits per heavy atom. The number of halogens is 6. The van der Waals surface area contributed by atoms with Gasteiger partial charge in [0, 0.05) is 6.07 Å². The van der Waals surface area contributed by atoms with Crippen LogP contribution in [0.25, 0.3) is 11.1 Å². The standard InChI is InChI=1S/C14H7F6NO2/c15-13(16,17)9-5-8(6-10(7-9)14(18,19)20)11-3-1-2-4-12(11)21(22)23/h1-7H. The van der Waals surface area contributed by atoms with Gasteiger partial charge in [0.15, 0.2) is 0 Å². The number of benzene rings is 2. The van der Waals surface area contributed by atoms with E-state index < -0.39 is 39.7 Å². The van der Waals surface area contributed by atoms with Crippen LogP contribution in [0.5, 0.6) is 0 Å². The van der Waals surface area contributed by atoms with E-state index in [-0.39, 0.29) is 11.6 Å². The summed E-state index contributed by atoms with van der Waals surface area (Å²) in [6, 6.07) is 5.53. The van der Waals surface area contributed by atoms with Gasteiger partial charge in [0.05, 0.1) is 21.6 Å². The highest BCUT2D eigenvalue weighted by molar-refractivity contribution is 5.74. The molecule has 0 spiro atoms. The van der Waals surface area contributed by atoms with Gasteiger partial charge in [-0.2, -0.15) is 26.3 Å². The lowest BCUT2D eigenvalue weighted by molar-refractivity contribution is -0.384.